The molecule has 0 amide bonds. The van der Waals surface area contributed by atoms with E-state index in [-0.39, 0.29) is 6.10 Å². The molecule has 5 nitrogen and oxygen atoms in total. The quantitative estimate of drug-likeness (QED) is 0.677. The first kappa shape index (κ1) is 14.7. The molecule has 1 aromatic heterocycles. The number of hydrogen-bond donors (Lipinski definition) is 1. The van der Waals surface area contributed by atoms with Crippen LogP contribution >= 0.6 is 35.4 Å². The van der Waals surface area contributed by atoms with Gasteiger partial charge in [-0.2, -0.15) is 14.9 Å². The Balaban J connectivity index is 1.90. The van der Waals surface area contributed by atoms with Crippen molar-refractivity contribution in [2.75, 3.05) is 6.61 Å². The standard InChI is InChI=1S/C13H12Cl2N4OS/c14-9-4-3-8(6-10(9)15)7-16-19-12(17-18-13(19)21)11-2-1-5-20-11/h3-4,6-7,11H,1-2,5H2,(H,18,21)/b16-7-/t11-/m1/s1. The number of aromatic nitrogens is 3. The van der Waals surface area contributed by atoms with Gasteiger partial charge in [0.15, 0.2) is 5.82 Å². The number of nitrogens with one attached hydrogen (secondary N) is 1. The van der Waals surface area contributed by atoms with Crippen molar-refractivity contribution in [3.63, 3.8) is 0 Å². The lowest BCUT2D eigenvalue weighted by Gasteiger charge is -2.07. The van der Waals surface area contributed by atoms with Crippen LogP contribution in [0.5, 0.6) is 0 Å². The lowest BCUT2D eigenvalue weighted by molar-refractivity contribution is 0.102. The summed E-state index contributed by atoms with van der Waals surface area (Å²) in [5.41, 5.74) is 0.825. The van der Waals surface area contributed by atoms with Crippen molar-refractivity contribution in [3.05, 3.63) is 44.4 Å². The molecule has 0 aliphatic carbocycles. The van der Waals surface area contributed by atoms with E-state index in [4.69, 9.17) is 40.2 Å². The summed E-state index contributed by atoms with van der Waals surface area (Å²) < 4.78 is 7.62. The summed E-state index contributed by atoms with van der Waals surface area (Å²) in [6, 6.07) is 5.29. The smallest absolute Gasteiger partial charge is 0.216 e. The minimum atomic E-state index is -0.0658. The third kappa shape index (κ3) is 3.18. The fourth-order valence-corrected chi connectivity index (χ4v) is 2.62. The summed E-state index contributed by atoms with van der Waals surface area (Å²) in [5, 5.41) is 12.3. The van der Waals surface area contributed by atoms with Crippen LogP contribution in [0, 0.1) is 4.77 Å². The van der Waals surface area contributed by atoms with Gasteiger partial charge in [-0.15, -0.1) is 0 Å². The van der Waals surface area contributed by atoms with Crippen molar-refractivity contribution in [1.29, 1.82) is 0 Å². The number of benzene rings is 1. The molecule has 8 heteroatoms. The predicted octanol–water partition coefficient (Wildman–Crippen LogP) is 3.98. The largest absolute Gasteiger partial charge is 0.370 e. The first-order chi connectivity index (χ1) is 10.1. The van der Waals surface area contributed by atoms with Gasteiger partial charge in [0, 0.05) is 6.61 Å². The van der Waals surface area contributed by atoms with Crippen LogP contribution in [0.4, 0.5) is 0 Å². The Hall–Kier alpha value is -1.21. The highest BCUT2D eigenvalue weighted by Gasteiger charge is 2.23. The first-order valence-corrected chi connectivity index (χ1v) is 7.60. The molecule has 110 valence electrons. The molecule has 1 aliphatic rings. The number of H-pyrrole nitrogens is 1. The second-order valence-corrected chi connectivity index (χ2v) is 5.82. The molecule has 0 bridgehead atoms. The molecule has 0 radical (unpaired) electrons. The maximum atomic E-state index is 5.98. The lowest BCUT2D eigenvalue weighted by Crippen LogP contribution is -2.05. The Morgan fingerprint density at radius 2 is 2.29 bits per heavy atom. The van der Waals surface area contributed by atoms with Crippen molar-refractivity contribution in [2.45, 2.75) is 18.9 Å². The maximum absolute atomic E-state index is 5.98. The zero-order chi connectivity index (χ0) is 14.8. The number of ether oxygens (including phenoxy) is 1. The molecule has 2 aromatic rings. The highest BCUT2D eigenvalue weighted by molar-refractivity contribution is 7.71. The summed E-state index contributed by atoms with van der Waals surface area (Å²) in [4.78, 5) is 0. The van der Waals surface area contributed by atoms with Crippen LogP contribution in [0.1, 0.15) is 30.3 Å². The second-order valence-electron chi connectivity index (χ2n) is 4.62. The Bertz CT molecular complexity index is 734. The minimum absolute atomic E-state index is 0.0658. The average molecular weight is 343 g/mol. The summed E-state index contributed by atoms with van der Waals surface area (Å²) in [7, 11) is 0. The van der Waals surface area contributed by atoms with Gasteiger partial charge in [0.25, 0.3) is 0 Å². The molecule has 0 spiro atoms. The topological polar surface area (TPSA) is 55.2 Å². The molecule has 0 saturated carbocycles. The number of aromatic amines is 1. The number of nitrogens with zero attached hydrogens (tertiary/aromatic N) is 3. The Morgan fingerprint density at radius 3 is 3.00 bits per heavy atom. The zero-order valence-corrected chi connectivity index (χ0v) is 13.3. The van der Waals surface area contributed by atoms with Crippen LogP contribution in [0.2, 0.25) is 10.0 Å². The van der Waals surface area contributed by atoms with Crippen molar-refractivity contribution in [3.8, 4) is 0 Å². The molecule has 3 rings (SSSR count). The Kier molecular flexibility index (Phi) is 4.40. The van der Waals surface area contributed by atoms with Gasteiger partial charge in [-0.1, -0.05) is 29.3 Å². The van der Waals surface area contributed by atoms with Crippen molar-refractivity contribution in [2.24, 2.45) is 5.10 Å². The van der Waals surface area contributed by atoms with E-state index >= 15 is 0 Å². The van der Waals surface area contributed by atoms with Crippen LogP contribution in [0.3, 0.4) is 0 Å². The van der Waals surface area contributed by atoms with Gasteiger partial charge in [-0.05, 0) is 42.8 Å². The van der Waals surface area contributed by atoms with Gasteiger partial charge in [-0.3, -0.25) is 5.10 Å². The van der Waals surface area contributed by atoms with Crippen molar-refractivity contribution < 1.29 is 4.74 Å². The van der Waals surface area contributed by atoms with Gasteiger partial charge >= 0.3 is 0 Å². The van der Waals surface area contributed by atoms with E-state index in [1.54, 1.807) is 23.0 Å². The van der Waals surface area contributed by atoms with E-state index in [1.807, 2.05) is 6.07 Å². The summed E-state index contributed by atoms with van der Waals surface area (Å²) in [6.07, 6.45) is 3.53. The molecule has 1 N–H and O–H groups in total. The van der Waals surface area contributed by atoms with E-state index in [0.29, 0.717) is 20.6 Å². The fraction of sp³-hybridized carbons (Fsp3) is 0.308. The van der Waals surface area contributed by atoms with Gasteiger partial charge in [0.05, 0.1) is 16.3 Å². The number of hydrogen-bond acceptors (Lipinski definition) is 4. The van der Waals surface area contributed by atoms with Crippen LogP contribution in [0.15, 0.2) is 23.3 Å². The summed E-state index contributed by atoms with van der Waals surface area (Å²) in [5.74, 6) is 0.689. The third-order valence-corrected chi connectivity index (χ3v) is 4.16. The SMILES string of the molecule is S=c1[nH]nc([C@H]2CCCO2)n1/N=C\c1ccc(Cl)c(Cl)c1. The molecule has 1 aromatic carbocycles. The molecule has 1 fully saturated rings. The molecule has 0 unspecified atom stereocenters. The van der Waals surface area contributed by atoms with E-state index in [0.717, 1.165) is 25.0 Å². The van der Waals surface area contributed by atoms with Crippen molar-refractivity contribution >= 4 is 41.6 Å². The van der Waals surface area contributed by atoms with Gasteiger partial charge in [-0.25, -0.2) is 0 Å². The normalized spacial score (nSPS) is 18.7. The Morgan fingerprint density at radius 1 is 1.43 bits per heavy atom. The third-order valence-electron chi connectivity index (χ3n) is 3.16. The molecule has 1 atom stereocenters. The fourth-order valence-electron chi connectivity index (χ4n) is 2.12. The van der Waals surface area contributed by atoms with Gasteiger partial charge in [0.2, 0.25) is 4.77 Å². The average Bonchev–Trinajstić information content (AvgIpc) is 3.10. The van der Waals surface area contributed by atoms with Crippen LogP contribution in [0.25, 0.3) is 0 Å². The number of halogens is 2. The lowest BCUT2D eigenvalue weighted by atomic mass is 10.2. The van der Waals surface area contributed by atoms with E-state index in [2.05, 4.69) is 15.3 Å². The molecule has 21 heavy (non-hydrogen) atoms. The second kappa shape index (κ2) is 6.27. The number of rotatable bonds is 3. The summed E-state index contributed by atoms with van der Waals surface area (Å²) in [6.45, 7) is 0.737. The van der Waals surface area contributed by atoms with Gasteiger partial charge in [0.1, 0.15) is 6.10 Å². The Labute approximate surface area is 136 Å². The van der Waals surface area contributed by atoms with Gasteiger partial charge < -0.3 is 4.74 Å². The van der Waals surface area contributed by atoms with Crippen LogP contribution in [-0.4, -0.2) is 27.7 Å². The van der Waals surface area contributed by atoms with E-state index in [1.165, 1.54) is 0 Å². The molecular formula is C13H12Cl2N4OS. The summed E-state index contributed by atoms with van der Waals surface area (Å²) >= 11 is 17.1. The molecule has 1 saturated heterocycles. The molecule has 1 aliphatic heterocycles. The monoisotopic (exact) mass is 342 g/mol. The van der Waals surface area contributed by atoms with Crippen molar-refractivity contribution in [1.82, 2.24) is 14.9 Å². The van der Waals surface area contributed by atoms with E-state index < -0.39 is 0 Å². The van der Waals surface area contributed by atoms with E-state index in [9.17, 15) is 0 Å². The van der Waals surface area contributed by atoms with Crippen LogP contribution < -0.4 is 0 Å². The molecule has 2 heterocycles. The zero-order valence-electron chi connectivity index (χ0n) is 10.9. The highest BCUT2D eigenvalue weighted by atomic mass is 35.5. The predicted molar refractivity (Wildman–Crippen MR) is 84.8 cm³/mol. The maximum Gasteiger partial charge on any atom is 0.216 e. The van der Waals surface area contributed by atoms with Crippen LogP contribution in [-0.2, 0) is 4.74 Å². The highest BCUT2D eigenvalue weighted by Crippen LogP contribution is 2.27. The first-order valence-electron chi connectivity index (χ1n) is 6.43. The molecular weight excluding hydrogens is 331 g/mol. The minimum Gasteiger partial charge on any atom is -0.370 e.